The van der Waals surface area contributed by atoms with Gasteiger partial charge in [-0.1, -0.05) is 28.1 Å². The van der Waals surface area contributed by atoms with Gasteiger partial charge in [0.05, 0.1) is 7.11 Å². The van der Waals surface area contributed by atoms with Crippen molar-refractivity contribution in [2.24, 2.45) is 0 Å². The Bertz CT molecular complexity index is 539. The highest BCUT2D eigenvalue weighted by atomic mass is 79.9. The van der Waals surface area contributed by atoms with Gasteiger partial charge in [-0.25, -0.2) is 4.79 Å². The van der Waals surface area contributed by atoms with Crippen molar-refractivity contribution >= 4 is 33.9 Å². The minimum Gasteiger partial charge on any atom is -0.467 e. The van der Waals surface area contributed by atoms with Crippen LogP contribution in [0.25, 0.3) is 6.08 Å². The van der Waals surface area contributed by atoms with E-state index < -0.39 is 6.04 Å². The molecule has 0 bridgehead atoms. The van der Waals surface area contributed by atoms with Crippen LogP contribution in [0.3, 0.4) is 0 Å². The highest BCUT2D eigenvalue weighted by Gasteiger charge is 2.31. The summed E-state index contributed by atoms with van der Waals surface area (Å²) in [5.41, 5.74) is 0.943. The molecule has 5 heteroatoms. The third-order valence-corrected chi connectivity index (χ3v) is 4.08. The van der Waals surface area contributed by atoms with E-state index in [4.69, 9.17) is 4.74 Å². The Hall–Kier alpha value is -1.62. The van der Waals surface area contributed by atoms with Crippen molar-refractivity contribution in [3.8, 4) is 0 Å². The molecule has 0 radical (unpaired) electrons. The van der Waals surface area contributed by atoms with E-state index in [1.807, 2.05) is 24.3 Å². The fourth-order valence-electron chi connectivity index (χ4n) is 2.41. The van der Waals surface area contributed by atoms with E-state index in [9.17, 15) is 9.59 Å². The Balaban J connectivity index is 2.06. The van der Waals surface area contributed by atoms with Crippen LogP contribution in [0, 0.1) is 0 Å². The van der Waals surface area contributed by atoms with E-state index in [0.717, 1.165) is 22.9 Å². The molecule has 0 spiro atoms. The Kier molecular flexibility index (Phi) is 5.56. The van der Waals surface area contributed by atoms with Gasteiger partial charge in [-0.2, -0.15) is 0 Å². The van der Waals surface area contributed by atoms with Gasteiger partial charge in [0.2, 0.25) is 5.91 Å². The lowest BCUT2D eigenvalue weighted by molar-refractivity contribution is -0.153. The summed E-state index contributed by atoms with van der Waals surface area (Å²) in [5.74, 6) is -0.479. The van der Waals surface area contributed by atoms with Crippen molar-refractivity contribution in [2.75, 3.05) is 13.7 Å². The van der Waals surface area contributed by atoms with Crippen molar-refractivity contribution in [1.29, 1.82) is 0 Å². The third-order valence-electron chi connectivity index (χ3n) is 3.55. The number of carbonyl (C=O) groups is 2. The fraction of sp³-hybridized carbons (Fsp3) is 0.375. The zero-order valence-electron chi connectivity index (χ0n) is 11.9. The van der Waals surface area contributed by atoms with Crippen LogP contribution in [0.1, 0.15) is 24.8 Å². The topological polar surface area (TPSA) is 46.6 Å². The number of likely N-dealkylation sites (tertiary alicyclic amines) is 1. The molecule has 0 aliphatic carbocycles. The number of amides is 1. The molecule has 1 aliphatic rings. The zero-order valence-corrected chi connectivity index (χ0v) is 13.5. The first-order valence-electron chi connectivity index (χ1n) is 6.94. The first kappa shape index (κ1) is 15.8. The summed E-state index contributed by atoms with van der Waals surface area (Å²) in [4.78, 5) is 25.6. The average molecular weight is 352 g/mol. The van der Waals surface area contributed by atoms with Crippen LogP contribution >= 0.6 is 15.9 Å². The predicted octanol–water partition coefficient (Wildman–Crippen LogP) is 3.02. The maximum atomic E-state index is 12.3. The van der Waals surface area contributed by atoms with Crippen LogP contribution < -0.4 is 0 Å². The number of hydrogen-bond acceptors (Lipinski definition) is 3. The van der Waals surface area contributed by atoms with Crippen LogP contribution in [-0.2, 0) is 14.3 Å². The smallest absolute Gasteiger partial charge is 0.328 e. The Morgan fingerprint density at radius 2 is 2.00 bits per heavy atom. The summed E-state index contributed by atoms with van der Waals surface area (Å²) in [5, 5.41) is 0. The van der Waals surface area contributed by atoms with Crippen molar-refractivity contribution in [3.05, 3.63) is 40.4 Å². The number of benzene rings is 1. The lowest BCUT2D eigenvalue weighted by Crippen LogP contribution is -2.47. The number of nitrogens with zero attached hydrogens (tertiary/aromatic N) is 1. The number of methoxy groups -OCH3 is 1. The molecule has 4 nitrogen and oxygen atoms in total. The highest BCUT2D eigenvalue weighted by Crippen LogP contribution is 2.19. The normalized spacial score (nSPS) is 18.8. The van der Waals surface area contributed by atoms with Gasteiger partial charge in [-0.05, 0) is 43.0 Å². The van der Waals surface area contributed by atoms with Gasteiger partial charge < -0.3 is 9.64 Å². The maximum Gasteiger partial charge on any atom is 0.328 e. The average Bonchev–Trinajstić information content (AvgIpc) is 2.53. The Morgan fingerprint density at radius 3 is 2.67 bits per heavy atom. The standard InChI is InChI=1S/C16H18BrNO3/c1-21-16(20)14-4-2-3-11-18(14)15(19)10-7-12-5-8-13(17)9-6-12/h5-10,14H,2-4,11H2,1H3/b10-7+. The molecule has 1 fully saturated rings. The van der Waals surface area contributed by atoms with Gasteiger partial charge in [0, 0.05) is 17.1 Å². The SMILES string of the molecule is COC(=O)C1CCCCN1C(=O)/C=C/c1ccc(Br)cc1. The number of esters is 1. The molecule has 1 amide bonds. The van der Waals surface area contributed by atoms with Crippen LogP contribution in [-0.4, -0.2) is 36.5 Å². The van der Waals surface area contributed by atoms with Gasteiger partial charge in [0.1, 0.15) is 6.04 Å². The van der Waals surface area contributed by atoms with Crippen LogP contribution in [0.15, 0.2) is 34.8 Å². The number of hydrogen-bond donors (Lipinski definition) is 0. The quantitative estimate of drug-likeness (QED) is 0.621. The van der Waals surface area contributed by atoms with Crippen molar-refractivity contribution in [1.82, 2.24) is 4.90 Å². The lowest BCUT2D eigenvalue weighted by atomic mass is 10.0. The second-order valence-corrected chi connectivity index (χ2v) is 5.87. The van der Waals surface area contributed by atoms with Gasteiger partial charge in [0.15, 0.2) is 0 Å². The molecule has 1 aromatic carbocycles. The van der Waals surface area contributed by atoms with Crippen molar-refractivity contribution in [3.63, 3.8) is 0 Å². The largest absolute Gasteiger partial charge is 0.467 e. The van der Waals surface area contributed by atoms with E-state index in [2.05, 4.69) is 15.9 Å². The van der Waals surface area contributed by atoms with Gasteiger partial charge >= 0.3 is 5.97 Å². The molecule has 0 saturated carbocycles. The van der Waals surface area contributed by atoms with Crippen LogP contribution in [0.5, 0.6) is 0 Å². The highest BCUT2D eigenvalue weighted by molar-refractivity contribution is 9.10. The molecule has 1 aromatic rings. The number of ether oxygens (including phenoxy) is 1. The second kappa shape index (κ2) is 7.41. The molecule has 1 unspecified atom stereocenters. The Morgan fingerprint density at radius 1 is 1.29 bits per heavy atom. The molecule has 0 aromatic heterocycles. The monoisotopic (exact) mass is 351 g/mol. The summed E-state index contributed by atoms with van der Waals surface area (Å²) in [6, 6.07) is 7.22. The molecule has 1 heterocycles. The van der Waals surface area contributed by atoms with Gasteiger partial charge in [-0.3, -0.25) is 4.79 Å². The summed E-state index contributed by atoms with van der Waals surface area (Å²) in [7, 11) is 1.36. The van der Waals surface area contributed by atoms with Crippen molar-refractivity contribution in [2.45, 2.75) is 25.3 Å². The number of carbonyl (C=O) groups excluding carboxylic acids is 2. The van der Waals surface area contributed by atoms with Crippen LogP contribution in [0.2, 0.25) is 0 Å². The zero-order chi connectivity index (χ0) is 15.2. The molecule has 1 saturated heterocycles. The molecule has 21 heavy (non-hydrogen) atoms. The van der Waals surface area contributed by atoms with E-state index >= 15 is 0 Å². The maximum absolute atomic E-state index is 12.3. The molecular weight excluding hydrogens is 334 g/mol. The first-order valence-corrected chi connectivity index (χ1v) is 7.73. The molecular formula is C16H18BrNO3. The minimum atomic E-state index is -0.453. The Labute approximate surface area is 132 Å². The van der Waals surface area contributed by atoms with Gasteiger partial charge in [-0.15, -0.1) is 0 Å². The number of rotatable bonds is 3. The fourth-order valence-corrected chi connectivity index (χ4v) is 2.68. The van der Waals surface area contributed by atoms with Crippen molar-refractivity contribution < 1.29 is 14.3 Å². The molecule has 1 aliphatic heterocycles. The number of halogens is 1. The van der Waals surface area contributed by atoms with Crippen LogP contribution in [0.4, 0.5) is 0 Å². The lowest BCUT2D eigenvalue weighted by Gasteiger charge is -2.32. The van der Waals surface area contributed by atoms with Gasteiger partial charge in [0.25, 0.3) is 0 Å². The van der Waals surface area contributed by atoms with E-state index in [1.54, 1.807) is 11.0 Å². The summed E-state index contributed by atoms with van der Waals surface area (Å²) in [6.07, 6.45) is 5.82. The summed E-state index contributed by atoms with van der Waals surface area (Å²) in [6.45, 7) is 0.600. The van der Waals surface area contributed by atoms with E-state index in [-0.39, 0.29) is 11.9 Å². The molecule has 112 valence electrons. The minimum absolute atomic E-state index is 0.145. The molecule has 1 atom stereocenters. The second-order valence-electron chi connectivity index (χ2n) is 4.95. The molecule has 2 rings (SSSR count). The third kappa shape index (κ3) is 4.17. The van der Waals surface area contributed by atoms with E-state index in [1.165, 1.54) is 13.2 Å². The van der Waals surface area contributed by atoms with E-state index in [0.29, 0.717) is 13.0 Å². The summed E-state index contributed by atoms with van der Waals surface area (Å²) < 4.78 is 5.78. The summed E-state index contributed by atoms with van der Waals surface area (Å²) >= 11 is 3.37. The predicted molar refractivity (Wildman–Crippen MR) is 84.5 cm³/mol. The number of piperidine rings is 1. The first-order chi connectivity index (χ1) is 10.1. The molecule has 0 N–H and O–H groups in total.